The van der Waals surface area contributed by atoms with Gasteiger partial charge in [-0.25, -0.2) is 0 Å². The molecule has 0 bridgehead atoms. The minimum absolute atomic E-state index is 0.128. The van der Waals surface area contributed by atoms with Gasteiger partial charge in [0.25, 0.3) is 0 Å². The first kappa shape index (κ1) is 41.9. The molecule has 0 fully saturated rings. The minimum Gasteiger partial charge on any atom is -0.481 e. The molecule has 1 atom stereocenters. The van der Waals surface area contributed by atoms with E-state index in [4.69, 9.17) is 9.84 Å². The summed E-state index contributed by atoms with van der Waals surface area (Å²) in [5.74, 6) is -0.908. The third-order valence-electron chi connectivity index (χ3n) is 8.07. The van der Waals surface area contributed by atoms with Gasteiger partial charge >= 0.3 is 11.9 Å². The maximum absolute atomic E-state index is 12.5. The topological polar surface area (TPSA) is 63.6 Å². The quantitative estimate of drug-likeness (QED) is 0.0454. The van der Waals surface area contributed by atoms with Gasteiger partial charge in [-0.2, -0.15) is 0 Å². The molecule has 1 unspecified atom stereocenters. The van der Waals surface area contributed by atoms with Gasteiger partial charge in [0, 0.05) is 12.8 Å². The van der Waals surface area contributed by atoms with Crippen LogP contribution in [-0.4, -0.2) is 23.1 Å². The predicted molar refractivity (Wildman–Crippen MR) is 190 cm³/mol. The van der Waals surface area contributed by atoms with Gasteiger partial charge in [-0.3, -0.25) is 9.59 Å². The Kier molecular flexibility index (Phi) is 33.7. The molecule has 4 nitrogen and oxygen atoms in total. The van der Waals surface area contributed by atoms with E-state index in [2.05, 4.69) is 62.5 Å². The van der Waals surface area contributed by atoms with E-state index in [0.717, 1.165) is 57.8 Å². The fourth-order valence-corrected chi connectivity index (χ4v) is 5.36. The lowest BCUT2D eigenvalue weighted by molar-refractivity contribution is -0.150. The molecule has 0 rings (SSSR count). The lowest BCUT2D eigenvalue weighted by atomic mass is 10.0. The van der Waals surface area contributed by atoms with Gasteiger partial charge in [0.1, 0.15) is 6.10 Å². The van der Waals surface area contributed by atoms with Crippen LogP contribution in [0, 0.1) is 0 Å². The van der Waals surface area contributed by atoms with Gasteiger partial charge in [-0.15, -0.1) is 0 Å². The molecule has 0 saturated carbocycles. The van der Waals surface area contributed by atoms with Crippen molar-refractivity contribution in [1.82, 2.24) is 0 Å². The second-order valence-electron chi connectivity index (χ2n) is 12.4. The van der Waals surface area contributed by atoms with E-state index in [1.165, 1.54) is 89.9 Å². The van der Waals surface area contributed by atoms with Crippen LogP contribution in [0.25, 0.3) is 0 Å². The molecule has 0 aliphatic rings. The van der Waals surface area contributed by atoms with Crippen molar-refractivity contribution in [3.8, 4) is 0 Å². The molecule has 4 heteroatoms. The average molecular weight is 615 g/mol. The fraction of sp³-hybridized carbons (Fsp3) is 0.750. The molecule has 0 aromatic rings. The van der Waals surface area contributed by atoms with Crippen molar-refractivity contribution in [3.63, 3.8) is 0 Å². The van der Waals surface area contributed by atoms with Crippen LogP contribution in [0.4, 0.5) is 0 Å². The number of aliphatic carboxylic acids is 1. The second kappa shape index (κ2) is 35.4. The molecule has 0 aromatic carbocycles. The fourth-order valence-electron chi connectivity index (χ4n) is 5.36. The molecule has 0 aliphatic carbocycles. The van der Waals surface area contributed by atoms with Crippen LogP contribution in [0.15, 0.2) is 48.6 Å². The Labute approximate surface area is 272 Å². The Balaban J connectivity index is 3.92. The number of hydrogen-bond acceptors (Lipinski definition) is 3. The molecular weight excluding hydrogens is 544 g/mol. The van der Waals surface area contributed by atoms with Crippen molar-refractivity contribution in [2.45, 2.75) is 193 Å². The third kappa shape index (κ3) is 34.4. The number of hydrogen-bond donors (Lipinski definition) is 1. The van der Waals surface area contributed by atoms with Crippen LogP contribution < -0.4 is 0 Å². The van der Waals surface area contributed by atoms with Gasteiger partial charge in [0.05, 0.1) is 0 Å². The summed E-state index contributed by atoms with van der Waals surface area (Å²) in [7, 11) is 0. The Morgan fingerprint density at radius 3 is 1.48 bits per heavy atom. The predicted octanol–water partition coefficient (Wildman–Crippen LogP) is 12.8. The number of rotatable bonds is 33. The second-order valence-corrected chi connectivity index (χ2v) is 12.4. The molecule has 44 heavy (non-hydrogen) atoms. The van der Waals surface area contributed by atoms with Crippen molar-refractivity contribution in [2.24, 2.45) is 0 Å². The van der Waals surface area contributed by atoms with Crippen LogP contribution in [0.3, 0.4) is 0 Å². The van der Waals surface area contributed by atoms with Crippen LogP contribution >= 0.6 is 0 Å². The third-order valence-corrected chi connectivity index (χ3v) is 8.07. The van der Waals surface area contributed by atoms with E-state index >= 15 is 0 Å². The summed E-state index contributed by atoms with van der Waals surface area (Å²) in [4.78, 5) is 23.4. The number of carbonyl (C=O) groups excluding carboxylic acids is 1. The van der Waals surface area contributed by atoms with Crippen LogP contribution in [0.5, 0.6) is 0 Å². The molecule has 0 aromatic heterocycles. The Bertz CT molecular complexity index is 748. The SMILES string of the molecule is CC/C=C\C/C=C\C/C=C\C/C=C\CCCCC(=O)OC(CCCCCCCCCCCCCCCCC)CCCC(=O)O. The molecule has 0 amide bonds. The van der Waals surface area contributed by atoms with E-state index in [0.29, 0.717) is 19.3 Å². The van der Waals surface area contributed by atoms with Crippen LogP contribution in [-0.2, 0) is 14.3 Å². The highest BCUT2D eigenvalue weighted by Gasteiger charge is 2.15. The van der Waals surface area contributed by atoms with Gasteiger partial charge in [0.2, 0.25) is 0 Å². The van der Waals surface area contributed by atoms with Crippen molar-refractivity contribution in [2.75, 3.05) is 0 Å². The maximum Gasteiger partial charge on any atom is 0.306 e. The van der Waals surface area contributed by atoms with E-state index < -0.39 is 5.97 Å². The normalized spacial score (nSPS) is 12.8. The molecule has 1 N–H and O–H groups in total. The Morgan fingerprint density at radius 2 is 0.977 bits per heavy atom. The molecule has 0 spiro atoms. The Hall–Kier alpha value is -2.10. The standard InChI is InChI=1S/C40H70O4/c1-3-5-7-9-11-13-15-17-19-21-23-25-27-29-31-34-38(35-33-36-39(41)42)44-40(43)37-32-30-28-26-24-22-20-18-16-14-12-10-8-6-4-2/h6,8,12,14,18,20,24,26,38H,3-5,7,9-11,13,15-17,19,21-23,25,27-37H2,1-2H3,(H,41,42)/b8-6-,14-12-,20-18-,26-24-. The van der Waals surface area contributed by atoms with E-state index in [-0.39, 0.29) is 18.5 Å². The highest BCUT2D eigenvalue weighted by atomic mass is 16.5. The molecular formula is C40H70O4. The number of carboxylic acids is 1. The number of unbranched alkanes of at least 4 members (excludes halogenated alkanes) is 16. The first-order valence-electron chi connectivity index (χ1n) is 18.6. The lowest BCUT2D eigenvalue weighted by Gasteiger charge is -2.18. The molecule has 254 valence electrons. The van der Waals surface area contributed by atoms with Crippen molar-refractivity contribution in [1.29, 1.82) is 0 Å². The summed E-state index contributed by atoms with van der Waals surface area (Å²) in [5, 5.41) is 9.01. The number of ether oxygens (including phenoxy) is 1. The summed E-state index contributed by atoms with van der Waals surface area (Å²) < 4.78 is 5.80. The lowest BCUT2D eigenvalue weighted by Crippen LogP contribution is -2.18. The first-order valence-corrected chi connectivity index (χ1v) is 18.6. The van der Waals surface area contributed by atoms with Crippen LogP contribution in [0.1, 0.15) is 187 Å². The van der Waals surface area contributed by atoms with Crippen molar-refractivity contribution in [3.05, 3.63) is 48.6 Å². The molecule has 0 saturated heterocycles. The van der Waals surface area contributed by atoms with Gasteiger partial charge in [-0.1, -0.05) is 152 Å². The van der Waals surface area contributed by atoms with Crippen molar-refractivity contribution < 1.29 is 19.4 Å². The first-order chi connectivity index (χ1) is 21.6. The zero-order valence-electron chi connectivity index (χ0n) is 29.0. The van der Waals surface area contributed by atoms with E-state index in [1.807, 2.05) is 0 Å². The number of carboxylic acid groups (broad SMARTS) is 1. The van der Waals surface area contributed by atoms with Crippen LogP contribution in [0.2, 0.25) is 0 Å². The summed E-state index contributed by atoms with van der Waals surface area (Å²) >= 11 is 0. The summed E-state index contributed by atoms with van der Waals surface area (Å²) in [6, 6.07) is 0. The zero-order valence-corrected chi connectivity index (χ0v) is 29.0. The van der Waals surface area contributed by atoms with Gasteiger partial charge in [0.15, 0.2) is 0 Å². The molecule has 0 heterocycles. The van der Waals surface area contributed by atoms with E-state index in [9.17, 15) is 9.59 Å². The highest BCUT2D eigenvalue weighted by molar-refractivity contribution is 5.69. The maximum atomic E-state index is 12.5. The highest BCUT2D eigenvalue weighted by Crippen LogP contribution is 2.18. The number of allylic oxidation sites excluding steroid dienone is 8. The summed E-state index contributed by atoms with van der Waals surface area (Å²) in [6.07, 6.45) is 46.9. The summed E-state index contributed by atoms with van der Waals surface area (Å²) in [6.45, 7) is 4.42. The zero-order chi connectivity index (χ0) is 32.2. The molecule has 0 radical (unpaired) electrons. The van der Waals surface area contributed by atoms with Gasteiger partial charge < -0.3 is 9.84 Å². The van der Waals surface area contributed by atoms with Gasteiger partial charge in [-0.05, 0) is 70.6 Å². The molecule has 0 aliphatic heterocycles. The van der Waals surface area contributed by atoms with E-state index in [1.54, 1.807) is 0 Å². The smallest absolute Gasteiger partial charge is 0.306 e. The Morgan fingerprint density at radius 1 is 0.523 bits per heavy atom. The van der Waals surface area contributed by atoms with Crippen molar-refractivity contribution >= 4 is 11.9 Å². The monoisotopic (exact) mass is 615 g/mol. The number of esters is 1. The largest absolute Gasteiger partial charge is 0.481 e. The number of carbonyl (C=O) groups is 2. The average Bonchev–Trinajstić information content (AvgIpc) is 3.00. The minimum atomic E-state index is -0.780. The summed E-state index contributed by atoms with van der Waals surface area (Å²) in [5.41, 5.74) is 0.